The molecule has 0 amide bonds. The van der Waals surface area contributed by atoms with E-state index in [1.807, 2.05) is 19.1 Å². The first kappa shape index (κ1) is 16.3. The summed E-state index contributed by atoms with van der Waals surface area (Å²) in [5.41, 5.74) is 1.87. The van der Waals surface area contributed by atoms with Crippen LogP contribution in [0.1, 0.15) is 11.1 Å². The highest BCUT2D eigenvalue weighted by atomic mass is 35.5. The van der Waals surface area contributed by atoms with Gasteiger partial charge in [0.2, 0.25) is 5.88 Å². The molecular formula is C14H14ClN3O3S. The second-order valence-electron chi connectivity index (χ2n) is 4.38. The van der Waals surface area contributed by atoms with E-state index in [9.17, 15) is 8.42 Å². The minimum atomic E-state index is -3.60. The molecule has 0 atom stereocenters. The normalized spacial score (nSPS) is 11.0. The van der Waals surface area contributed by atoms with Gasteiger partial charge in [0.15, 0.2) is 5.82 Å². The van der Waals surface area contributed by atoms with Crippen molar-refractivity contribution in [3.05, 3.63) is 58.7 Å². The monoisotopic (exact) mass is 339 g/mol. The van der Waals surface area contributed by atoms with Crippen LogP contribution in [0, 0.1) is 6.92 Å². The molecule has 0 aliphatic heterocycles. The Bertz CT molecular complexity index is 756. The van der Waals surface area contributed by atoms with Crippen molar-refractivity contribution in [3.8, 4) is 5.88 Å². The van der Waals surface area contributed by atoms with Gasteiger partial charge < -0.3 is 4.74 Å². The number of ether oxygens (including phenoxy) is 1. The lowest BCUT2D eigenvalue weighted by atomic mass is 10.1. The molecule has 0 spiro atoms. The Labute approximate surface area is 133 Å². The highest BCUT2D eigenvalue weighted by molar-refractivity contribution is 7.95. The molecule has 2 aromatic rings. The van der Waals surface area contributed by atoms with E-state index in [1.54, 1.807) is 6.07 Å². The summed E-state index contributed by atoms with van der Waals surface area (Å²) in [6.45, 7) is 5.37. The zero-order chi connectivity index (χ0) is 16.2. The number of halogens is 1. The van der Waals surface area contributed by atoms with E-state index in [2.05, 4.69) is 21.3 Å². The summed E-state index contributed by atoms with van der Waals surface area (Å²) in [5.74, 6) is 0.349. The van der Waals surface area contributed by atoms with Crippen molar-refractivity contribution in [2.24, 2.45) is 0 Å². The molecule has 1 N–H and O–H groups in total. The minimum absolute atomic E-state index is 0.0844. The van der Waals surface area contributed by atoms with Gasteiger partial charge in [0, 0.05) is 16.0 Å². The Morgan fingerprint density at radius 1 is 1.36 bits per heavy atom. The van der Waals surface area contributed by atoms with Crippen LogP contribution in [0.2, 0.25) is 5.02 Å². The summed E-state index contributed by atoms with van der Waals surface area (Å²) in [4.78, 5) is 7.89. The van der Waals surface area contributed by atoms with Crippen molar-refractivity contribution >= 4 is 27.4 Å². The third kappa shape index (κ3) is 4.19. The summed E-state index contributed by atoms with van der Waals surface area (Å²) < 4.78 is 30.3. The first-order chi connectivity index (χ1) is 10.4. The predicted molar refractivity (Wildman–Crippen MR) is 85.3 cm³/mol. The number of hydrogen-bond donors (Lipinski definition) is 1. The van der Waals surface area contributed by atoms with Gasteiger partial charge in [-0.05, 0) is 18.6 Å². The highest BCUT2D eigenvalue weighted by Crippen LogP contribution is 2.21. The van der Waals surface area contributed by atoms with Crippen LogP contribution in [0.25, 0.3) is 0 Å². The van der Waals surface area contributed by atoms with Crippen molar-refractivity contribution in [2.75, 3.05) is 4.72 Å². The Kier molecular flexibility index (Phi) is 4.99. The number of rotatable bonds is 6. The first-order valence-corrected chi connectivity index (χ1v) is 8.18. The van der Waals surface area contributed by atoms with Crippen LogP contribution < -0.4 is 9.46 Å². The van der Waals surface area contributed by atoms with Crippen LogP contribution in [0.4, 0.5) is 5.82 Å². The van der Waals surface area contributed by atoms with E-state index in [0.717, 1.165) is 16.5 Å². The molecule has 0 saturated carbocycles. The number of anilines is 1. The number of sulfonamides is 1. The molecule has 0 aliphatic carbocycles. The second-order valence-corrected chi connectivity index (χ2v) is 6.41. The molecule has 0 saturated heterocycles. The standard InChI is InChI=1S/C14H14ClN3O3S/c1-3-22(19,20)18-13-7-17-14(8-16-13)21-9-11-10(2)5-4-6-12(11)15/h3-8H,1,9H2,2H3,(H,16,18). The van der Waals surface area contributed by atoms with E-state index < -0.39 is 10.0 Å². The lowest BCUT2D eigenvalue weighted by Crippen LogP contribution is -2.10. The first-order valence-electron chi connectivity index (χ1n) is 6.25. The van der Waals surface area contributed by atoms with E-state index >= 15 is 0 Å². The van der Waals surface area contributed by atoms with Crippen LogP contribution in [0.3, 0.4) is 0 Å². The minimum Gasteiger partial charge on any atom is -0.472 e. The van der Waals surface area contributed by atoms with Gasteiger partial charge in [0.05, 0.1) is 12.4 Å². The fraction of sp³-hybridized carbons (Fsp3) is 0.143. The predicted octanol–water partition coefficient (Wildman–Crippen LogP) is 2.90. The molecular weight excluding hydrogens is 326 g/mol. The van der Waals surface area contributed by atoms with Crippen LogP contribution in [-0.4, -0.2) is 18.4 Å². The Morgan fingerprint density at radius 2 is 2.14 bits per heavy atom. The average molecular weight is 340 g/mol. The number of aromatic nitrogens is 2. The summed E-state index contributed by atoms with van der Waals surface area (Å²) >= 11 is 6.11. The molecule has 0 radical (unpaired) electrons. The lowest BCUT2D eigenvalue weighted by molar-refractivity contribution is 0.292. The Hall–Kier alpha value is -2.12. The summed E-state index contributed by atoms with van der Waals surface area (Å²) in [5, 5.41) is 1.41. The lowest BCUT2D eigenvalue weighted by Gasteiger charge is -2.10. The maximum atomic E-state index is 11.3. The van der Waals surface area contributed by atoms with E-state index in [4.69, 9.17) is 16.3 Å². The van der Waals surface area contributed by atoms with Crippen LogP contribution in [0.15, 0.2) is 42.6 Å². The fourth-order valence-corrected chi connectivity index (χ4v) is 2.38. The molecule has 1 aromatic heterocycles. The molecule has 116 valence electrons. The number of aryl methyl sites for hydroxylation is 1. The van der Waals surface area contributed by atoms with Crippen molar-refractivity contribution in [2.45, 2.75) is 13.5 Å². The number of nitrogens with zero attached hydrogens (tertiary/aromatic N) is 2. The third-order valence-electron chi connectivity index (χ3n) is 2.81. The molecule has 2 rings (SSSR count). The molecule has 6 nitrogen and oxygen atoms in total. The molecule has 0 aliphatic rings. The summed E-state index contributed by atoms with van der Waals surface area (Å²) in [7, 11) is -3.60. The average Bonchev–Trinajstić information content (AvgIpc) is 2.48. The number of benzene rings is 1. The van der Waals surface area contributed by atoms with Crippen LogP contribution >= 0.6 is 11.6 Å². The molecule has 1 heterocycles. The number of hydrogen-bond acceptors (Lipinski definition) is 5. The molecule has 8 heteroatoms. The quantitative estimate of drug-likeness (QED) is 0.875. The van der Waals surface area contributed by atoms with Gasteiger partial charge in [-0.2, -0.15) is 0 Å². The smallest absolute Gasteiger partial charge is 0.255 e. The Balaban J connectivity index is 2.04. The van der Waals surface area contributed by atoms with Gasteiger partial charge in [0.1, 0.15) is 6.61 Å². The molecule has 0 bridgehead atoms. The van der Waals surface area contributed by atoms with Gasteiger partial charge >= 0.3 is 0 Å². The summed E-state index contributed by atoms with van der Waals surface area (Å²) in [6, 6.07) is 5.58. The third-order valence-corrected chi connectivity index (χ3v) is 4.10. The fourth-order valence-electron chi connectivity index (χ4n) is 1.63. The van der Waals surface area contributed by atoms with Crippen LogP contribution in [0.5, 0.6) is 5.88 Å². The van der Waals surface area contributed by atoms with Gasteiger partial charge in [-0.3, -0.25) is 4.72 Å². The maximum absolute atomic E-state index is 11.3. The molecule has 0 fully saturated rings. The van der Waals surface area contributed by atoms with Gasteiger partial charge in [-0.1, -0.05) is 30.3 Å². The van der Waals surface area contributed by atoms with Gasteiger partial charge in [-0.15, -0.1) is 0 Å². The SMILES string of the molecule is C=CS(=O)(=O)Nc1cnc(OCc2c(C)cccc2Cl)cn1. The molecule has 22 heavy (non-hydrogen) atoms. The van der Waals surface area contributed by atoms with E-state index in [1.165, 1.54) is 12.4 Å². The topological polar surface area (TPSA) is 81.2 Å². The van der Waals surface area contributed by atoms with Crippen molar-refractivity contribution in [1.82, 2.24) is 9.97 Å². The number of nitrogens with one attached hydrogen (secondary N) is 1. The van der Waals surface area contributed by atoms with Crippen molar-refractivity contribution < 1.29 is 13.2 Å². The van der Waals surface area contributed by atoms with Gasteiger partial charge in [0.25, 0.3) is 10.0 Å². The van der Waals surface area contributed by atoms with Crippen LogP contribution in [-0.2, 0) is 16.6 Å². The largest absolute Gasteiger partial charge is 0.472 e. The van der Waals surface area contributed by atoms with E-state index in [0.29, 0.717) is 5.02 Å². The Morgan fingerprint density at radius 3 is 2.73 bits per heavy atom. The second kappa shape index (κ2) is 6.76. The molecule has 0 unspecified atom stereocenters. The van der Waals surface area contributed by atoms with Crippen molar-refractivity contribution in [3.63, 3.8) is 0 Å². The molecule has 1 aromatic carbocycles. The summed E-state index contributed by atoms with van der Waals surface area (Å²) in [6.07, 6.45) is 2.59. The zero-order valence-corrected chi connectivity index (χ0v) is 13.4. The van der Waals surface area contributed by atoms with Crippen molar-refractivity contribution in [1.29, 1.82) is 0 Å². The zero-order valence-electron chi connectivity index (χ0n) is 11.8. The van der Waals surface area contributed by atoms with Gasteiger partial charge in [-0.25, -0.2) is 18.4 Å². The van der Waals surface area contributed by atoms with E-state index in [-0.39, 0.29) is 18.3 Å². The maximum Gasteiger partial charge on any atom is 0.255 e. The highest BCUT2D eigenvalue weighted by Gasteiger charge is 2.08.